The quantitative estimate of drug-likeness (QED) is 0.746. The first-order valence-corrected chi connectivity index (χ1v) is 4.40. The van der Waals surface area contributed by atoms with Gasteiger partial charge in [0.1, 0.15) is 0 Å². The lowest BCUT2D eigenvalue weighted by Gasteiger charge is -2.01. The molecule has 1 unspecified atom stereocenters. The predicted molar refractivity (Wildman–Crippen MR) is 49.9 cm³/mol. The van der Waals surface area contributed by atoms with Crippen LogP contribution in [0.15, 0.2) is 18.2 Å². The Labute approximate surface area is 77.7 Å². The molecule has 3 nitrogen and oxygen atoms in total. The van der Waals surface area contributed by atoms with Gasteiger partial charge in [-0.05, 0) is 24.7 Å². The van der Waals surface area contributed by atoms with Crippen LogP contribution in [-0.4, -0.2) is 13.3 Å². The van der Waals surface area contributed by atoms with Crippen LogP contribution in [0.1, 0.15) is 12.5 Å². The van der Waals surface area contributed by atoms with Gasteiger partial charge in [0.05, 0.1) is 0 Å². The van der Waals surface area contributed by atoms with E-state index in [2.05, 4.69) is 5.32 Å². The third-order valence-electron chi connectivity index (χ3n) is 1.97. The predicted octanol–water partition coefficient (Wildman–Crippen LogP) is 1.52. The first kappa shape index (κ1) is 8.38. The second-order valence-corrected chi connectivity index (χ2v) is 3.11. The maximum absolute atomic E-state index is 5.44. The highest BCUT2D eigenvalue weighted by molar-refractivity contribution is 5.44. The molecule has 0 saturated carbocycles. The highest BCUT2D eigenvalue weighted by atomic mass is 16.7. The lowest BCUT2D eigenvalue weighted by Crippen LogP contribution is -2.11. The van der Waals surface area contributed by atoms with Crippen LogP contribution in [0, 0.1) is 0 Å². The molecule has 0 spiro atoms. The molecule has 1 heterocycles. The maximum atomic E-state index is 5.44. The molecule has 13 heavy (non-hydrogen) atoms. The van der Waals surface area contributed by atoms with Crippen LogP contribution in [0.2, 0.25) is 0 Å². The fourth-order valence-electron chi connectivity index (χ4n) is 1.44. The van der Waals surface area contributed by atoms with E-state index in [1.54, 1.807) is 0 Å². The van der Waals surface area contributed by atoms with Gasteiger partial charge in [0, 0.05) is 13.5 Å². The van der Waals surface area contributed by atoms with E-state index in [-0.39, 0.29) is 6.29 Å². The van der Waals surface area contributed by atoms with Gasteiger partial charge in [-0.3, -0.25) is 0 Å². The maximum Gasteiger partial charge on any atom is 0.238 e. The molecule has 1 atom stereocenters. The van der Waals surface area contributed by atoms with Crippen molar-refractivity contribution in [3.63, 3.8) is 0 Å². The summed E-state index contributed by atoms with van der Waals surface area (Å²) in [5.74, 6) is 1.69. The van der Waals surface area contributed by atoms with E-state index in [1.807, 2.05) is 32.2 Å². The molecule has 1 N–H and O–H groups in total. The number of nitrogens with one attached hydrogen (secondary N) is 1. The fraction of sp³-hybridized carbons (Fsp3) is 0.400. The number of benzene rings is 1. The van der Waals surface area contributed by atoms with Crippen molar-refractivity contribution in [1.29, 1.82) is 0 Å². The molecule has 0 saturated heterocycles. The Balaban J connectivity index is 2.24. The Morgan fingerprint density at radius 2 is 2.08 bits per heavy atom. The molecule has 0 aliphatic carbocycles. The molecule has 0 bridgehead atoms. The van der Waals surface area contributed by atoms with Crippen LogP contribution in [0.3, 0.4) is 0 Å². The van der Waals surface area contributed by atoms with Crippen LogP contribution in [-0.2, 0) is 6.54 Å². The summed E-state index contributed by atoms with van der Waals surface area (Å²) in [5.41, 5.74) is 1.21. The Hall–Kier alpha value is -1.22. The van der Waals surface area contributed by atoms with E-state index in [0.29, 0.717) is 0 Å². The van der Waals surface area contributed by atoms with Gasteiger partial charge in [0.25, 0.3) is 0 Å². The molecule has 2 rings (SSSR count). The van der Waals surface area contributed by atoms with Gasteiger partial charge in [-0.2, -0.15) is 0 Å². The second-order valence-electron chi connectivity index (χ2n) is 3.11. The summed E-state index contributed by atoms with van der Waals surface area (Å²) < 4.78 is 10.8. The minimum absolute atomic E-state index is 0.153. The zero-order valence-electron chi connectivity index (χ0n) is 7.83. The molecule has 1 aliphatic rings. The van der Waals surface area contributed by atoms with Crippen LogP contribution in [0.25, 0.3) is 0 Å². The van der Waals surface area contributed by atoms with Crippen molar-refractivity contribution in [2.75, 3.05) is 7.05 Å². The van der Waals surface area contributed by atoms with Crippen LogP contribution in [0.5, 0.6) is 11.5 Å². The molecule has 0 radical (unpaired) electrons. The van der Waals surface area contributed by atoms with E-state index < -0.39 is 0 Å². The summed E-state index contributed by atoms with van der Waals surface area (Å²) in [6.07, 6.45) is -0.153. The Kier molecular flexibility index (Phi) is 2.10. The van der Waals surface area contributed by atoms with Crippen molar-refractivity contribution in [2.24, 2.45) is 0 Å². The first-order chi connectivity index (χ1) is 6.29. The SMILES string of the molecule is CNCc1ccc2c(c1)OC(C)O2. The highest BCUT2D eigenvalue weighted by Crippen LogP contribution is 2.34. The van der Waals surface area contributed by atoms with Gasteiger partial charge in [0.2, 0.25) is 6.29 Å². The third-order valence-corrected chi connectivity index (χ3v) is 1.97. The van der Waals surface area contributed by atoms with Crippen LogP contribution in [0.4, 0.5) is 0 Å². The van der Waals surface area contributed by atoms with Gasteiger partial charge in [-0.25, -0.2) is 0 Å². The topological polar surface area (TPSA) is 30.5 Å². The average Bonchev–Trinajstić information content (AvgIpc) is 2.44. The largest absolute Gasteiger partial charge is 0.451 e. The average molecular weight is 179 g/mol. The van der Waals surface area contributed by atoms with E-state index in [4.69, 9.17) is 9.47 Å². The second kappa shape index (κ2) is 3.26. The summed E-state index contributed by atoms with van der Waals surface area (Å²) in [4.78, 5) is 0. The summed E-state index contributed by atoms with van der Waals surface area (Å²) >= 11 is 0. The molecule has 70 valence electrons. The van der Waals surface area contributed by atoms with Gasteiger partial charge in [-0.15, -0.1) is 0 Å². The Morgan fingerprint density at radius 1 is 1.31 bits per heavy atom. The number of hydrogen-bond donors (Lipinski definition) is 1. The van der Waals surface area contributed by atoms with Crippen molar-refractivity contribution < 1.29 is 9.47 Å². The summed E-state index contributed by atoms with van der Waals surface area (Å²) in [6.45, 7) is 2.74. The smallest absolute Gasteiger partial charge is 0.238 e. The summed E-state index contributed by atoms with van der Waals surface area (Å²) in [6, 6.07) is 6.00. The molecule has 3 heteroatoms. The molecular weight excluding hydrogens is 166 g/mol. The Morgan fingerprint density at radius 3 is 2.85 bits per heavy atom. The number of ether oxygens (including phenoxy) is 2. The molecular formula is C10H13NO2. The third kappa shape index (κ3) is 1.60. The molecule has 0 fully saturated rings. The van der Waals surface area contributed by atoms with Crippen LogP contribution < -0.4 is 14.8 Å². The molecule has 1 aromatic carbocycles. The number of hydrogen-bond acceptors (Lipinski definition) is 3. The van der Waals surface area contributed by atoms with Crippen molar-refractivity contribution in [1.82, 2.24) is 5.32 Å². The monoisotopic (exact) mass is 179 g/mol. The molecule has 0 amide bonds. The van der Waals surface area contributed by atoms with E-state index in [0.717, 1.165) is 18.0 Å². The van der Waals surface area contributed by atoms with E-state index >= 15 is 0 Å². The molecule has 1 aromatic rings. The normalized spacial score (nSPS) is 19.1. The zero-order valence-corrected chi connectivity index (χ0v) is 7.83. The van der Waals surface area contributed by atoms with Crippen molar-refractivity contribution in [3.8, 4) is 11.5 Å². The summed E-state index contributed by atoms with van der Waals surface area (Å²) in [5, 5.41) is 3.09. The fourth-order valence-corrected chi connectivity index (χ4v) is 1.44. The standard InChI is InChI=1S/C10H13NO2/c1-7-12-9-4-3-8(6-11-2)5-10(9)13-7/h3-5,7,11H,6H2,1-2H3. The van der Waals surface area contributed by atoms with Crippen molar-refractivity contribution in [2.45, 2.75) is 19.8 Å². The van der Waals surface area contributed by atoms with Gasteiger partial charge >= 0.3 is 0 Å². The first-order valence-electron chi connectivity index (χ1n) is 4.40. The van der Waals surface area contributed by atoms with Gasteiger partial charge in [-0.1, -0.05) is 6.07 Å². The van der Waals surface area contributed by atoms with Crippen molar-refractivity contribution in [3.05, 3.63) is 23.8 Å². The van der Waals surface area contributed by atoms with E-state index in [1.165, 1.54) is 5.56 Å². The number of rotatable bonds is 2. The minimum atomic E-state index is -0.153. The lowest BCUT2D eigenvalue weighted by molar-refractivity contribution is 0.0678. The number of fused-ring (bicyclic) bond motifs is 1. The Bertz CT molecular complexity index is 312. The summed E-state index contributed by atoms with van der Waals surface area (Å²) in [7, 11) is 1.92. The molecule has 0 aromatic heterocycles. The zero-order chi connectivity index (χ0) is 9.26. The lowest BCUT2D eigenvalue weighted by atomic mass is 10.2. The molecule has 1 aliphatic heterocycles. The highest BCUT2D eigenvalue weighted by Gasteiger charge is 2.19. The van der Waals surface area contributed by atoms with Crippen LogP contribution >= 0.6 is 0 Å². The van der Waals surface area contributed by atoms with E-state index in [9.17, 15) is 0 Å². The van der Waals surface area contributed by atoms with Gasteiger partial charge in [0.15, 0.2) is 11.5 Å². The minimum Gasteiger partial charge on any atom is -0.451 e. The van der Waals surface area contributed by atoms with Gasteiger partial charge < -0.3 is 14.8 Å². The van der Waals surface area contributed by atoms with Crippen molar-refractivity contribution >= 4 is 0 Å².